The maximum absolute atomic E-state index is 12.6. The van der Waals surface area contributed by atoms with Crippen LogP contribution in [0.4, 0.5) is 5.69 Å². The van der Waals surface area contributed by atoms with E-state index in [2.05, 4.69) is 5.32 Å². The highest BCUT2D eigenvalue weighted by Crippen LogP contribution is 2.33. The van der Waals surface area contributed by atoms with Crippen molar-refractivity contribution < 1.29 is 9.59 Å². The highest BCUT2D eigenvalue weighted by Gasteiger charge is 2.28. The summed E-state index contributed by atoms with van der Waals surface area (Å²) in [6.45, 7) is 5.48. The molecule has 0 fully saturated rings. The molecule has 1 atom stereocenters. The molecule has 1 unspecified atom stereocenters. The number of fused-ring (bicyclic) bond motifs is 1. The topological polar surface area (TPSA) is 49.4 Å². The zero-order valence-corrected chi connectivity index (χ0v) is 14.7. The van der Waals surface area contributed by atoms with Gasteiger partial charge in [0.1, 0.15) is 0 Å². The molecule has 2 aromatic rings. The second-order valence-corrected chi connectivity index (χ2v) is 6.46. The van der Waals surface area contributed by atoms with Crippen LogP contribution in [0.2, 0.25) is 0 Å². The number of hydrogen-bond donors (Lipinski definition) is 1. The highest BCUT2D eigenvalue weighted by atomic mass is 16.2. The van der Waals surface area contributed by atoms with E-state index in [9.17, 15) is 9.59 Å². The molecule has 0 saturated carbocycles. The predicted octanol–water partition coefficient (Wildman–Crippen LogP) is 4.21. The molecule has 0 bridgehead atoms. The third-order valence-corrected chi connectivity index (χ3v) is 4.52. The van der Waals surface area contributed by atoms with Gasteiger partial charge in [0.2, 0.25) is 11.8 Å². The van der Waals surface area contributed by atoms with Gasteiger partial charge in [-0.25, -0.2) is 0 Å². The van der Waals surface area contributed by atoms with Gasteiger partial charge in [0.15, 0.2) is 0 Å². The van der Waals surface area contributed by atoms with Crippen LogP contribution in [0, 0.1) is 13.8 Å². The maximum atomic E-state index is 12.6. The summed E-state index contributed by atoms with van der Waals surface area (Å²) in [5.41, 5.74) is 4.98. The molecule has 0 aliphatic carbocycles. The van der Waals surface area contributed by atoms with Crippen LogP contribution in [0.25, 0.3) is 6.08 Å². The molecule has 0 saturated heterocycles. The van der Waals surface area contributed by atoms with E-state index in [-0.39, 0.29) is 24.3 Å². The molecule has 1 aliphatic heterocycles. The number of anilines is 1. The molecule has 1 heterocycles. The van der Waals surface area contributed by atoms with Gasteiger partial charge >= 0.3 is 0 Å². The fraction of sp³-hybridized carbons (Fsp3) is 0.238. The molecule has 128 valence electrons. The van der Waals surface area contributed by atoms with Crippen LogP contribution in [-0.2, 0) is 9.59 Å². The Morgan fingerprint density at radius 3 is 2.64 bits per heavy atom. The second-order valence-electron chi connectivity index (χ2n) is 6.46. The normalized spacial score (nSPS) is 15.6. The van der Waals surface area contributed by atoms with Gasteiger partial charge in [-0.2, -0.15) is 0 Å². The van der Waals surface area contributed by atoms with Gasteiger partial charge < -0.3 is 10.2 Å². The number of benzene rings is 2. The number of nitrogens with one attached hydrogen (secondary N) is 1. The van der Waals surface area contributed by atoms with Crippen molar-refractivity contribution in [3.05, 3.63) is 70.9 Å². The van der Waals surface area contributed by atoms with Crippen molar-refractivity contribution >= 4 is 23.6 Å². The zero-order chi connectivity index (χ0) is 18.0. The predicted molar refractivity (Wildman–Crippen MR) is 99.9 cm³/mol. The minimum absolute atomic E-state index is 0.0738. The first-order valence-corrected chi connectivity index (χ1v) is 8.39. The van der Waals surface area contributed by atoms with Gasteiger partial charge in [0, 0.05) is 18.8 Å². The summed E-state index contributed by atoms with van der Waals surface area (Å²) in [6, 6.07) is 13.6. The van der Waals surface area contributed by atoms with Crippen LogP contribution in [0.5, 0.6) is 0 Å². The van der Waals surface area contributed by atoms with Crippen molar-refractivity contribution in [3.63, 3.8) is 0 Å². The molecule has 0 aromatic heterocycles. The second kappa shape index (κ2) is 6.93. The number of carbonyl (C=O) groups excluding carboxylic acids is 2. The van der Waals surface area contributed by atoms with E-state index in [1.165, 1.54) is 6.92 Å². The van der Waals surface area contributed by atoms with E-state index in [0.717, 1.165) is 27.9 Å². The average Bonchev–Trinajstić information content (AvgIpc) is 2.58. The lowest BCUT2D eigenvalue weighted by atomic mass is 9.93. The van der Waals surface area contributed by atoms with E-state index < -0.39 is 0 Å². The average molecular weight is 334 g/mol. The largest absolute Gasteiger partial charge is 0.326 e. The lowest BCUT2D eigenvalue weighted by molar-refractivity contribution is -0.129. The molecule has 4 heteroatoms. The lowest BCUT2D eigenvalue weighted by Gasteiger charge is -2.32. The molecule has 3 rings (SSSR count). The molecule has 2 amide bonds. The fourth-order valence-electron chi connectivity index (χ4n) is 3.16. The third kappa shape index (κ3) is 3.63. The van der Waals surface area contributed by atoms with Crippen LogP contribution < -0.4 is 5.32 Å². The van der Waals surface area contributed by atoms with Crippen LogP contribution in [0.3, 0.4) is 0 Å². The summed E-state index contributed by atoms with van der Waals surface area (Å²) in [4.78, 5) is 26.3. The first-order chi connectivity index (χ1) is 12.0. The van der Waals surface area contributed by atoms with Crippen molar-refractivity contribution in [3.8, 4) is 0 Å². The lowest BCUT2D eigenvalue weighted by Crippen LogP contribution is -2.33. The molecule has 4 nitrogen and oxygen atoms in total. The number of rotatable bonds is 3. The monoisotopic (exact) mass is 334 g/mol. The Kier molecular flexibility index (Phi) is 4.70. The Labute approximate surface area is 148 Å². The standard InChI is InChI=1S/C21H22N2O2/c1-14-8-9-15(2)19(12-14)22-21(25)13-20-18-7-5-4-6-17(18)10-11-23(20)16(3)24/h4-12,20H,13H2,1-3H3,(H,22,25). The summed E-state index contributed by atoms with van der Waals surface area (Å²) >= 11 is 0. The first kappa shape index (κ1) is 17.0. The van der Waals surface area contributed by atoms with E-state index in [1.54, 1.807) is 11.1 Å². The van der Waals surface area contributed by atoms with Crippen molar-refractivity contribution in [2.45, 2.75) is 33.2 Å². The molecular formula is C21H22N2O2. The zero-order valence-electron chi connectivity index (χ0n) is 14.7. The van der Waals surface area contributed by atoms with E-state index in [0.29, 0.717) is 0 Å². The third-order valence-electron chi connectivity index (χ3n) is 4.52. The van der Waals surface area contributed by atoms with Gasteiger partial charge in [-0.1, -0.05) is 36.4 Å². The quantitative estimate of drug-likeness (QED) is 0.914. The number of amides is 2. The van der Waals surface area contributed by atoms with Crippen LogP contribution in [0.1, 0.15) is 41.6 Å². The Balaban J connectivity index is 1.84. The van der Waals surface area contributed by atoms with Gasteiger partial charge in [0.05, 0.1) is 12.5 Å². The van der Waals surface area contributed by atoms with Crippen LogP contribution in [-0.4, -0.2) is 16.7 Å². The van der Waals surface area contributed by atoms with Gasteiger partial charge in [-0.15, -0.1) is 0 Å². The Bertz CT molecular complexity index is 855. The summed E-state index contributed by atoms with van der Waals surface area (Å²) in [5, 5.41) is 2.99. The van der Waals surface area contributed by atoms with Gasteiger partial charge in [-0.05, 0) is 48.2 Å². The van der Waals surface area contributed by atoms with E-state index in [1.807, 2.05) is 62.4 Å². The number of nitrogens with zero attached hydrogens (tertiary/aromatic N) is 1. The van der Waals surface area contributed by atoms with Crippen LogP contribution in [0.15, 0.2) is 48.7 Å². The fourth-order valence-corrected chi connectivity index (χ4v) is 3.16. The van der Waals surface area contributed by atoms with E-state index >= 15 is 0 Å². The van der Waals surface area contributed by atoms with Crippen molar-refractivity contribution in [2.24, 2.45) is 0 Å². The summed E-state index contributed by atoms with van der Waals surface area (Å²) in [7, 11) is 0. The first-order valence-electron chi connectivity index (χ1n) is 8.39. The van der Waals surface area contributed by atoms with Gasteiger partial charge in [-0.3, -0.25) is 9.59 Å². The smallest absolute Gasteiger partial charge is 0.226 e. The summed E-state index contributed by atoms with van der Waals surface area (Å²) < 4.78 is 0. The van der Waals surface area contributed by atoms with Gasteiger partial charge in [0.25, 0.3) is 0 Å². The molecule has 0 spiro atoms. The summed E-state index contributed by atoms with van der Waals surface area (Å²) in [6.07, 6.45) is 3.89. The molecular weight excluding hydrogens is 312 g/mol. The maximum Gasteiger partial charge on any atom is 0.226 e. The minimum atomic E-state index is -0.288. The minimum Gasteiger partial charge on any atom is -0.326 e. The Morgan fingerprint density at radius 2 is 1.88 bits per heavy atom. The number of carbonyl (C=O) groups is 2. The Morgan fingerprint density at radius 1 is 1.12 bits per heavy atom. The SMILES string of the molecule is CC(=O)N1C=Cc2ccccc2C1CC(=O)Nc1cc(C)ccc1C. The highest BCUT2D eigenvalue weighted by molar-refractivity contribution is 5.92. The molecule has 1 N–H and O–H groups in total. The summed E-state index contributed by atoms with van der Waals surface area (Å²) in [5.74, 6) is -0.176. The van der Waals surface area contributed by atoms with Crippen molar-refractivity contribution in [1.82, 2.24) is 4.90 Å². The molecule has 2 aromatic carbocycles. The molecule has 0 radical (unpaired) electrons. The number of aryl methyl sites for hydroxylation is 2. The van der Waals surface area contributed by atoms with Crippen molar-refractivity contribution in [1.29, 1.82) is 0 Å². The van der Waals surface area contributed by atoms with Crippen LogP contribution >= 0.6 is 0 Å². The van der Waals surface area contributed by atoms with Crippen molar-refractivity contribution in [2.75, 3.05) is 5.32 Å². The van der Waals surface area contributed by atoms with E-state index in [4.69, 9.17) is 0 Å². The Hall–Kier alpha value is -2.88. The number of hydrogen-bond acceptors (Lipinski definition) is 2. The molecule has 1 aliphatic rings. The molecule has 25 heavy (non-hydrogen) atoms.